The minimum Gasteiger partial charge on any atom is -0.492 e. The molecule has 0 N–H and O–H groups in total. The first-order valence-electron chi connectivity index (χ1n) is 7.52. The van der Waals surface area contributed by atoms with Crippen molar-refractivity contribution in [2.45, 2.75) is 6.92 Å². The van der Waals surface area contributed by atoms with E-state index >= 15 is 0 Å². The van der Waals surface area contributed by atoms with Gasteiger partial charge < -0.3 is 19.1 Å². The molecule has 0 aromatic heterocycles. The molecule has 0 aliphatic carbocycles. The third-order valence-corrected chi connectivity index (χ3v) is 3.08. The molecule has 23 heavy (non-hydrogen) atoms. The van der Waals surface area contributed by atoms with E-state index in [0.29, 0.717) is 19.8 Å². The molecule has 122 valence electrons. The highest BCUT2D eigenvalue weighted by Crippen LogP contribution is 2.23. The fourth-order valence-electron chi connectivity index (χ4n) is 1.85. The number of para-hydroxylation sites is 1. The zero-order valence-corrected chi connectivity index (χ0v) is 13.4. The number of benzene rings is 2. The van der Waals surface area contributed by atoms with Crippen LogP contribution in [0, 0.1) is 0 Å². The van der Waals surface area contributed by atoms with E-state index in [2.05, 4.69) is 0 Å². The van der Waals surface area contributed by atoms with Crippen molar-refractivity contribution in [2.75, 3.05) is 26.8 Å². The smallest absolute Gasteiger partial charge is 0.409 e. The molecule has 5 nitrogen and oxygen atoms in total. The molecular formula is C18H21NO4. The van der Waals surface area contributed by atoms with E-state index in [4.69, 9.17) is 14.2 Å². The summed E-state index contributed by atoms with van der Waals surface area (Å²) in [5.41, 5.74) is 0. The zero-order valence-electron chi connectivity index (χ0n) is 13.4. The number of rotatable bonds is 7. The van der Waals surface area contributed by atoms with Crippen molar-refractivity contribution in [2.24, 2.45) is 0 Å². The monoisotopic (exact) mass is 315 g/mol. The molecule has 0 fully saturated rings. The van der Waals surface area contributed by atoms with E-state index in [1.165, 1.54) is 4.90 Å². The Hall–Kier alpha value is -2.69. The highest BCUT2D eigenvalue weighted by atomic mass is 16.6. The SMILES string of the molecule is CCOC(=O)N(C)CCOc1ccc(Oc2ccccc2)cc1. The fourth-order valence-corrected chi connectivity index (χ4v) is 1.85. The molecule has 2 aromatic carbocycles. The summed E-state index contributed by atoms with van der Waals surface area (Å²) in [6, 6.07) is 16.9. The van der Waals surface area contributed by atoms with Crippen molar-refractivity contribution >= 4 is 6.09 Å². The topological polar surface area (TPSA) is 48.0 Å². The number of carbonyl (C=O) groups excluding carboxylic acids is 1. The number of hydrogen-bond acceptors (Lipinski definition) is 4. The second-order valence-corrected chi connectivity index (χ2v) is 4.86. The first-order chi connectivity index (χ1) is 11.2. The Labute approximate surface area is 136 Å². The van der Waals surface area contributed by atoms with Crippen molar-refractivity contribution < 1.29 is 19.0 Å². The van der Waals surface area contributed by atoms with E-state index in [1.54, 1.807) is 14.0 Å². The van der Waals surface area contributed by atoms with Crippen LogP contribution in [0.3, 0.4) is 0 Å². The van der Waals surface area contributed by atoms with Gasteiger partial charge in [-0.15, -0.1) is 0 Å². The van der Waals surface area contributed by atoms with Crippen LogP contribution in [0.5, 0.6) is 17.2 Å². The van der Waals surface area contributed by atoms with Crippen LogP contribution >= 0.6 is 0 Å². The number of likely N-dealkylation sites (N-methyl/N-ethyl adjacent to an activating group) is 1. The fraction of sp³-hybridized carbons (Fsp3) is 0.278. The molecule has 0 spiro atoms. The summed E-state index contributed by atoms with van der Waals surface area (Å²) in [6.07, 6.45) is -0.345. The summed E-state index contributed by atoms with van der Waals surface area (Å²) in [5.74, 6) is 2.26. The molecule has 0 aliphatic rings. The summed E-state index contributed by atoms with van der Waals surface area (Å²) in [5, 5.41) is 0. The third kappa shape index (κ3) is 5.54. The van der Waals surface area contributed by atoms with Crippen LogP contribution in [-0.4, -0.2) is 37.8 Å². The molecule has 0 atom stereocenters. The molecule has 0 unspecified atom stereocenters. The maximum absolute atomic E-state index is 11.4. The maximum Gasteiger partial charge on any atom is 0.409 e. The minimum absolute atomic E-state index is 0.345. The number of ether oxygens (including phenoxy) is 3. The van der Waals surface area contributed by atoms with Crippen LogP contribution < -0.4 is 9.47 Å². The summed E-state index contributed by atoms with van der Waals surface area (Å²) in [4.78, 5) is 12.9. The van der Waals surface area contributed by atoms with E-state index in [-0.39, 0.29) is 6.09 Å². The van der Waals surface area contributed by atoms with Crippen LogP contribution in [0.4, 0.5) is 4.79 Å². The molecule has 0 saturated heterocycles. The van der Waals surface area contributed by atoms with E-state index in [9.17, 15) is 4.79 Å². The number of amides is 1. The Kier molecular flexibility index (Phi) is 6.29. The van der Waals surface area contributed by atoms with Crippen molar-refractivity contribution in [3.05, 3.63) is 54.6 Å². The third-order valence-electron chi connectivity index (χ3n) is 3.08. The molecule has 2 rings (SSSR count). The van der Waals surface area contributed by atoms with Gasteiger partial charge in [0.1, 0.15) is 23.9 Å². The lowest BCUT2D eigenvalue weighted by Crippen LogP contribution is -2.31. The van der Waals surface area contributed by atoms with Gasteiger partial charge in [-0.3, -0.25) is 0 Å². The Morgan fingerprint density at radius 2 is 1.57 bits per heavy atom. The maximum atomic E-state index is 11.4. The van der Waals surface area contributed by atoms with Crippen LogP contribution in [0.1, 0.15) is 6.92 Å². The standard InChI is InChI=1S/C18H21NO4/c1-3-21-18(20)19(2)13-14-22-15-9-11-17(12-10-15)23-16-7-5-4-6-8-16/h4-12H,3,13-14H2,1-2H3. The quantitative estimate of drug-likeness (QED) is 0.776. The molecule has 2 aromatic rings. The van der Waals surface area contributed by atoms with Gasteiger partial charge in [-0.25, -0.2) is 4.79 Å². The van der Waals surface area contributed by atoms with Gasteiger partial charge in [0.25, 0.3) is 0 Å². The summed E-state index contributed by atoms with van der Waals surface area (Å²) in [6.45, 7) is 3.00. The van der Waals surface area contributed by atoms with Gasteiger partial charge in [-0.05, 0) is 43.3 Å². The predicted octanol–water partition coefficient (Wildman–Crippen LogP) is 3.95. The average molecular weight is 315 g/mol. The van der Waals surface area contributed by atoms with E-state index in [1.807, 2.05) is 54.6 Å². The molecule has 5 heteroatoms. The largest absolute Gasteiger partial charge is 0.492 e. The average Bonchev–Trinajstić information content (AvgIpc) is 2.57. The number of nitrogens with zero attached hydrogens (tertiary/aromatic N) is 1. The number of hydrogen-bond donors (Lipinski definition) is 0. The van der Waals surface area contributed by atoms with Gasteiger partial charge in [-0.1, -0.05) is 18.2 Å². The summed E-state index contributed by atoms with van der Waals surface area (Å²) in [7, 11) is 1.68. The highest BCUT2D eigenvalue weighted by molar-refractivity contribution is 5.67. The van der Waals surface area contributed by atoms with Gasteiger partial charge in [0, 0.05) is 7.05 Å². The lowest BCUT2D eigenvalue weighted by molar-refractivity contribution is 0.110. The van der Waals surface area contributed by atoms with Crippen LogP contribution in [0.15, 0.2) is 54.6 Å². The summed E-state index contributed by atoms with van der Waals surface area (Å²) >= 11 is 0. The molecule has 0 saturated carbocycles. The zero-order chi connectivity index (χ0) is 16.5. The van der Waals surface area contributed by atoms with Crippen LogP contribution in [0.2, 0.25) is 0 Å². The van der Waals surface area contributed by atoms with Gasteiger partial charge >= 0.3 is 6.09 Å². The first-order valence-corrected chi connectivity index (χ1v) is 7.52. The molecule has 0 aliphatic heterocycles. The van der Waals surface area contributed by atoms with Gasteiger partial charge in [0.05, 0.1) is 13.2 Å². The number of carbonyl (C=O) groups is 1. The van der Waals surface area contributed by atoms with Crippen LogP contribution in [0.25, 0.3) is 0 Å². The Balaban J connectivity index is 1.78. The first kappa shape index (κ1) is 16.7. The minimum atomic E-state index is -0.345. The van der Waals surface area contributed by atoms with Crippen molar-refractivity contribution in [3.8, 4) is 17.2 Å². The van der Waals surface area contributed by atoms with E-state index in [0.717, 1.165) is 17.2 Å². The molecule has 1 amide bonds. The second-order valence-electron chi connectivity index (χ2n) is 4.86. The predicted molar refractivity (Wildman–Crippen MR) is 88.1 cm³/mol. The molecule has 0 heterocycles. The van der Waals surface area contributed by atoms with Crippen LogP contribution in [-0.2, 0) is 4.74 Å². The lowest BCUT2D eigenvalue weighted by atomic mass is 10.3. The van der Waals surface area contributed by atoms with Crippen molar-refractivity contribution in [3.63, 3.8) is 0 Å². The van der Waals surface area contributed by atoms with Gasteiger partial charge in [0.2, 0.25) is 0 Å². The molecule has 0 bridgehead atoms. The molecular weight excluding hydrogens is 294 g/mol. The van der Waals surface area contributed by atoms with Gasteiger partial charge in [0.15, 0.2) is 0 Å². The second kappa shape index (κ2) is 8.68. The van der Waals surface area contributed by atoms with Gasteiger partial charge in [-0.2, -0.15) is 0 Å². The Morgan fingerprint density at radius 1 is 0.957 bits per heavy atom. The van der Waals surface area contributed by atoms with Crippen molar-refractivity contribution in [1.29, 1.82) is 0 Å². The highest BCUT2D eigenvalue weighted by Gasteiger charge is 2.08. The lowest BCUT2D eigenvalue weighted by Gasteiger charge is -2.16. The summed E-state index contributed by atoms with van der Waals surface area (Å²) < 4.78 is 16.2. The Bertz CT molecular complexity index is 598. The molecule has 0 radical (unpaired) electrons. The van der Waals surface area contributed by atoms with E-state index < -0.39 is 0 Å². The Morgan fingerprint density at radius 3 is 2.22 bits per heavy atom. The normalized spacial score (nSPS) is 10.0. The van der Waals surface area contributed by atoms with Crippen molar-refractivity contribution in [1.82, 2.24) is 4.90 Å².